The Bertz CT molecular complexity index is 285. The van der Waals surface area contributed by atoms with Crippen LogP contribution in [0.4, 0.5) is 0 Å². The Morgan fingerprint density at radius 3 is 2.87 bits per heavy atom. The Morgan fingerprint density at radius 2 is 2.27 bits per heavy atom. The normalized spacial score (nSPS) is 29.8. The average Bonchev–Trinajstić information content (AvgIpc) is 2.92. The summed E-state index contributed by atoms with van der Waals surface area (Å²) in [5.41, 5.74) is 1.27. The summed E-state index contributed by atoms with van der Waals surface area (Å²) in [4.78, 5) is 11.4. The first-order chi connectivity index (χ1) is 7.12. The molecule has 15 heavy (non-hydrogen) atoms. The molecule has 0 bridgehead atoms. The summed E-state index contributed by atoms with van der Waals surface area (Å²) < 4.78 is 5.53. The molecule has 1 saturated heterocycles. The van der Waals surface area contributed by atoms with Crippen LogP contribution in [-0.4, -0.2) is 18.0 Å². The Balaban J connectivity index is 1.91. The Kier molecular flexibility index (Phi) is 2.96. The molecular weight excluding hydrogens is 188 g/mol. The molecule has 1 aliphatic heterocycles. The second-order valence-corrected chi connectivity index (χ2v) is 5.20. The van der Waals surface area contributed by atoms with E-state index in [1.807, 2.05) is 6.08 Å². The fourth-order valence-electron chi connectivity index (χ4n) is 2.30. The molecule has 2 rings (SSSR count). The lowest BCUT2D eigenvalue weighted by Gasteiger charge is -2.20. The Hall–Kier alpha value is -0.630. The molecule has 2 heteroatoms. The van der Waals surface area contributed by atoms with Crippen LogP contribution < -0.4 is 0 Å². The lowest BCUT2D eigenvalue weighted by atomic mass is 9.84. The van der Waals surface area contributed by atoms with E-state index in [9.17, 15) is 4.79 Å². The number of ether oxygens (including phenoxy) is 1. The van der Waals surface area contributed by atoms with Crippen LogP contribution in [0.15, 0.2) is 11.6 Å². The summed E-state index contributed by atoms with van der Waals surface area (Å²) >= 11 is 0. The highest BCUT2D eigenvalue weighted by Gasteiger charge is 2.49. The van der Waals surface area contributed by atoms with Gasteiger partial charge in [-0.3, -0.25) is 4.79 Å². The first-order valence-electron chi connectivity index (χ1n) is 6.00. The molecule has 0 radical (unpaired) electrons. The van der Waals surface area contributed by atoms with E-state index in [-0.39, 0.29) is 11.4 Å². The highest BCUT2D eigenvalue weighted by atomic mass is 16.6. The number of rotatable bonds is 4. The molecule has 0 amide bonds. The molecule has 0 aromatic heterocycles. The lowest BCUT2D eigenvalue weighted by Crippen LogP contribution is -2.22. The number of epoxide rings is 1. The van der Waals surface area contributed by atoms with Crippen LogP contribution in [-0.2, 0) is 9.53 Å². The van der Waals surface area contributed by atoms with Crippen molar-refractivity contribution in [1.82, 2.24) is 0 Å². The minimum absolute atomic E-state index is 0.00485. The van der Waals surface area contributed by atoms with E-state index in [4.69, 9.17) is 4.74 Å². The standard InChI is InChI=1S/C13H20O2/c1-10(2)4-3-5-11-8-12(14)6-7-13(11)9-15-13/h8,10H,3-7,9H2,1-2H3. The molecule has 0 aromatic rings. The van der Waals surface area contributed by atoms with Gasteiger partial charge in [0.25, 0.3) is 0 Å². The monoisotopic (exact) mass is 208 g/mol. The maximum atomic E-state index is 11.4. The quantitative estimate of drug-likeness (QED) is 0.665. The molecule has 84 valence electrons. The Labute approximate surface area is 91.7 Å². The number of carbonyl (C=O) groups excluding carboxylic acids is 1. The van der Waals surface area contributed by atoms with E-state index >= 15 is 0 Å². The average molecular weight is 208 g/mol. The molecule has 1 spiro atoms. The van der Waals surface area contributed by atoms with Crippen molar-refractivity contribution in [2.24, 2.45) is 5.92 Å². The van der Waals surface area contributed by atoms with Gasteiger partial charge in [0.05, 0.1) is 6.61 Å². The largest absolute Gasteiger partial charge is 0.365 e. The van der Waals surface area contributed by atoms with Crippen molar-refractivity contribution in [3.8, 4) is 0 Å². The summed E-state index contributed by atoms with van der Waals surface area (Å²) in [6.07, 6.45) is 6.90. The predicted molar refractivity (Wildman–Crippen MR) is 59.7 cm³/mol. The fraction of sp³-hybridized carbons (Fsp3) is 0.769. The molecule has 2 aliphatic rings. The SMILES string of the molecule is CC(C)CCCC1=CC(=O)CCC12CO2. The van der Waals surface area contributed by atoms with E-state index in [2.05, 4.69) is 13.8 Å². The smallest absolute Gasteiger partial charge is 0.155 e. The summed E-state index contributed by atoms with van der Waals surface area (Å²) in [5.74, 6) is 1.04. The van der Waals surface area contributed by atoms with Crippen LogP contribution >= 0.6 is 0 Å². The number of hydrogen-bond donors (Lipinski definition) is 0. The van der Waals surface area contributed by atoms with Crippen molar-refractivity contribution < 1.29 is 9.53 Å². The van der Waals surface area contributed by atoms with Crippen LogP contribution in [0.2, 0.25) is 0 Å². The highest BCUT2D eigenvalue weighted by Crippen LogP contribution is 2.44. The number of allylic oxidation sites excluding steroid dienone is 1. The molecule has 1 fully saturated rings. The zero-order valence-corrected chi connectivity index (χ0v) is 9.71. The van der Waals surface area contributed by atoms with Crippen molar-refractivity contribution in [3.63, 3.8) is 0 Å². The third-order valence-electron chi connectivity index (χ3n) is 3.42. The number of carbonyl (C=O) groups is 1. The highest BCUT2D eigenvalue weighted by molar-refractivity contribution is 5.92. The summed E-state index contributed by atoms with van der Waals surface area (Å²) in [6, 6.07) is 0. The minimum Gasteiger partial charge on any atom is -0.365 e. The van der Waals surface area contributed by atoms with Crippen LogP contribution in [0.25, 0.3) is 0 Å². The van der Waals surface area contributed by atoms with Gasteiger partial charge in [-0.15, -0.1) is 0 Å². The summed E-state index contributed by atoms with van der Waals surface area (Å²) in [7, 11) is 0. The van der Waals surface area contributed by atoms with Gasteiger partial charge in [-0.25, -0.2) is 0 Å². The van der Waals surface area contributed by atoms with Gasteiger partial charge < -0.3 is 4.74 Å². The Morgan fingerprint density at radius 1 is 1.53 bits per heavy atom. The molecule has 1 aliphatic carbocycles. The maximum Gasteiger partial charge on any atom is 0.155 e. The van der Waals surface area contributed by atoms with Crippen molar-refractivity contribution in [2.75, 3.05) is 6.61 Å². The number of ketones is 1. The van der Waals surface area contributed by atoms with Crippen LogP contribution in [0.3, 0.4) is 0 Å². The number of hydrogen-bond acceptors (Lipinski definition) is 2. The van der Waals surface area contributed by atoms with Crippen molar-refractivity contribution in [2.45, 2.75) is 51.6 Å². The summed E-state index contributed by atoms with van der Waals surface area (Å²) in [5, 5.41) is 0. The van der Waals surface area contributed by atoms with Crippen molar-refractivity contribution in [1.29, 1.82) is 0 Å². The molecular formula is C13H20O2. The third kappa shape index (κ3) is 2.49. The van der Waals surface area contributed by atoms with Gasteiger partial charge in [0.1, 0.15) is 5.60 Å². The molecule has 1 atom stereocenters. The molecule has 0 N–H and O–H groups in total. The van der Waals surface area contributed by atoms with Gasteiger partial charge >= 0.3 is 0 Å². The summed E-state index contributed by atoms with van der Waals surface area (Å²) in [6.45, 7) is 5.32. The third-order valence-corrected chi connectivity index (χ3v) is 3.42. The van der Waals surface area contributed by atoms with Gasteiger partial charge in [0, 0.05) is 6.42 Å². The first kappa shape index (κ1) is 10.9. The second-order valence-electron chi connectivity index (χ2n) is 5.20. The van der Waals surface area contributed by atoms with E-state index in [0.717, 1.165) is 25.4 Å². The molecule has 2 nitrogen and oxygen atoms in total. The minimum atomic E-state index is 0.00485. The van der Waals surface area contributed by atoms with Crippen molar-refractivity contribution in [3.05, 3.63) is 11.6 Å². The van der Waals surface area contributed by atoms with E-state index in [1.165, 1.54) is 18.4 Å². The maximum absolute atomic E-state index is 11.4. The second kappa shape index (κ2) is 4.09. The lowest BCUT2D eigenvalue weighted by molar-refractivity contribution is -0.115. The topological polar surface area (TPSA) is 29.6 Å². The zero-order valence-electron chi connectivity index (χ0n) is 9.71. The van der Waals surface area contributed by atoms with Crippen LogP contribution in [0, 0.1) is 5.92 Å². The van der Waals surface area contributed by atoms with Gasteiger partial charge in [0.2, 0.25) is 0 Å². The van der Waals surface area contributed by atoms with Gasteiger partial charge in [-0.05, 0) is 36.8 Å². The van der Waals surface area contributed by atoms with Gasteiger partial charge in [0.15, 0.2) is 5.78 Å². The van der Waals surface area contributed by atoms with E-state index < -0.39 is 0 Å². The predicted octanol–water partition coefficient (Wildman–Crippen LogP) is 2.87. The van der Waals surface area contributed by atoms with Crippen LogP contribution in [0.5, 0.6) is 0 Å². The van der Waals surface area contributed by atoms with E-state index in [0.29, 0.717) is 6.42 Å². The van der Waals surface area contributed by atoms with E-state index in [1.54, 1.807) is 0 Å². The van der Waals surface area contributed by atoms with Gasteiger partial charge in [-0.1, -0.05) is 20.3 Å². The molecule has 0 saturated carbocycles. The van der Waals surface area contributed by atoms with Crippen LogP contribution in [0.1, 0.15) is 46.0 Å². The van der Waals surface area contributed by atoms with Crippen molar-refractivity contribution >= 4 is 5.78 Å². The zero-order chi connectivity index (χ0) is 10.9. The molecule has 1 heterocycles. The molecule has 0 aromatic carbocycles. The molecule has 1 unspecified atom stereocenters. The fourth-order valence-corrected chi connectivity index (χ4v) is 2.30. The van der Waals surface area contributed by atoms with Gasteiger partial charge in [-0.2, -0.15) is 0 Å². The first-order valence-corrected chi connectivity index (χ1v) is 6.00.